The fraction of sp³-hybridized carbons (Fsp3) is 0.333. The Morgan fingerprint density at radius 2 is 2.00 bits per heavy atom. The standard InChI is InChI=1S/C15H18N4O4/c1-9-4-6-11(7-5-9)12(20)8-16-15(21)14-13(19(22)23)10(2)17-18(14)3/h4-7,12,20H,8H2,1-3H3,(H,16,21). The number of amides is 1. The Hall–Kier alpha value is -2.74. The van der Waals surface area contributed by atoms with E-state index in [4.69, 9.17) is 0 Å². The van der Waals surface area contributed by atoms with Gasteiger partial charge in [0.2, 0.25) is 5.69 Å². The van der Waals surface area contributed by atoms with Crippen molar-refractivity contribution >= 4 is 11.6 Å². The van der Waals surface area contributed by atoms with E-state index < -0.39 is 16.9 Å². The monoisotopic (exact) mass is 318 g/mol. The number of aryl methyl sites for hydroxylation is 3. The molecule has 2 aromatic rings. The van der Waals surface area contributed by atoms with Gasteiger partial charge in [-0.3, -0.25) is 19.6 Å². The summed E-state index contributed by atoms with van der Waals surface area (Å²) in [6.07, 6.45) is -0.895. The maximum atomic E-state index is 12.2. The molecular weight excluding hydrogens is 300 g/mol. The van der Waals surface area contributed by atoms with E-state index in [-0.39, 0.29) is 23.6 Å². The van der Waals surface area contributed by atoms with Gasteiger partial charge in [-0.1, -0.05) is 29.8 Å². The van der Waals surface area contributed by atoms with Crippen LogP contribution in [0.5, 0.6) is 0 Å². The van der Waals surface area contributed by atoms with Crippen LogP contribution in [0.2, 0.25) is 0 Å². The molecule has 1 aromatic carbocycles. The van der Waals surface area contributed by atoms with Crippen LogP contribution < -0.4 is 5.32 Å². The van der Waals surface area contributed by atoms with Gasteiger partial charge in [0.05, 0.1) is 11.0 Å². The minimum Gasteiger partial charge on any atom is -0.387 e. The normalized spacial score (nSPS) is 12.0. The van der Waals surface area contributed by atoms with Gasteiger partial charge in [0.25, 0.3) is 5.91 Å². The lowest BCUT2D eigenvalue weighted by Gasteiger charge is -2.12. The number of carbonyl (C=O) groups is 1. The second-order valence-electron chi connectivity index (χ2n) is 5.30. The Balaban J connectivity index is 2.11. The molecule has 1 amide bonds. The number of nitrogens with zero attached hydrogens (tertiary/aromatic N) is 3. The van der Waals surface area contributed by atoms with Gasteiger partial charge in [-0.2, -0.15) is 5.10 Å². The van der Waals surface area contributed by atoms with E-state index in [1.54, 1.807) is 12.1 Å². The number of aromatic nitrogens is 2. The van der Waals surface area contributed by atoms with Gasteiger partial charge in [0, 0.05) is 13.6 Å². The highest BCUT2D eigenvalue weighted by atomic mass is 16.6. The van der Waals surface area contributed by atoms with Crippen LogP contribution in [-0.2, 0) is 7.05 Å². The Labute approximate surface area is 132 Å². The van der Waals surface area contributed by atoms with Crippen LogP contribution in [-0.4, -0.2) is 32.3 Å². The first-order valence-electron chi connectivity index (χ1n) is 7.02. The van der Waals surface area contributed by atoms with Gasteiger partial charge >= 0.3 is 5.69 Å². The van der Waals surface area contributed by atoms with E-state index in [2.05, 4.69) is 10.4 Å². The molecule has 0 saturated heterocycles. The number of hydrogen-bond donors (Lipinski definition) is 2. The molecule has 0 bridgehead atoms. The smallest absolute Gasteiger partial charge is 0.322 e. The fourth-order valence-electron chi connectivity index (χ4n) is 2.30. The molecule has 1 unspecified atom stereocenters. The number of aliphatic hydroxyl groups excluding tert-OH is 1. The molecule has 0 spiro atoms. The summed E-state index contributed by atoms with van der Waals surface area (Å²) in [5.41, 5.74) is 1.43. The summed E-state index contributed by atoms with van der Waals surface area (Å²) in [5, 5.41) is 27.6. The summed E-state index contributed by atoms with van der Waals surface area (Å²) in [7, 11) is 1.46. The number of nitrogens with one attached hydrogen (secondary N) is 1. The van der Waals surface area contributed by atoms with Crippen molar-refractivity contribution in [2.45, 2.75) is 20.0 Å². The Bertz CT molecular complexity index is 737. The van der Waals surface area contributed by atoms with Crippen LogP contribution in [0.1, 0.15) is 33.4 Å². The van der Waals surface area contributed by atoms with Gasteiger partial charge in [0.15, 0.2) is 0 Å². The summed E-state index contributed by atoms with van der Waals surface area (Å²) in [6.45, 7) is 3.35. The number of nitro groups is 1. The molecule has 2 rings (SSSR count). The minimum atomic E-state index is -0.895. The summed E-state index contributed by atoms with van der Waals surface area (Å²) in [6, 6.07) is 7.25. The molecule has 122 valence electrons. The van der Waals surface area contributed by atoms with Crippen LogP contribution >= 0.6 is 0 Å². The molecule has 2 N–H and O–H groups in total. The number of hydrogen-bond acceptors (Lipinski definition) is 5. The average molecular weight is 318 g/mol. The summed E-state index contributed by atoms with van der Waals surface area (Å²) in [5.74, 6) is -0.647. The topological polar surface area (TPSA) is 110 Å². The molecule has 1 aromatic heterocycles. The first-order chi connectivity index (χ1) is 10.8. The third-order valence-electron chi connectivity index (χ3n) is 3.51. The lowest BCUT2D eigenvalue weighted by atomic mass is 10.1. The molecule has 8 nitrogen and oxygen atoms in total. The zero-order chi connectivity index (χ0) is 17.1. The highest BCUT2D eigenvalue weighted by Crippen LogP contribution is 2.22. The van der Waals surface area contributed by atoms with Crippen molar-refractivity contribution in [1.29, 1.82) is 0 Å². The van der Waals surface area contributed by atoms with Crippen molar-refractivity contribution in [3.8, 4) is 0 Å². The van der Waals surface area contributed by atoms with Crippen molar-refractivity contribution in [1.82, 2.24) is 15.1 Å². The molecule has 0 fully saturated rings. The Morgan fingerprint density at radius 1 is 1.39 bits per heavy atom. The fourth-order valence-corrected chi connectivity index (χ4v) is 2.30. The second kappa shape index (κ2) is 6.57. The highest BCUT2D eigenvalue weighted by molar-refractivity contribution is 5.96. The van der Waals surface area contributed by atoms with Crippen molar-refractivity contribution in [2.24, 2.45) is 7.05 Å². The third kappa shape index (κ3) is 3.54. The summed E-state index contributed by atoms with van der Waals surface area (Å²) >= 11 is 0. The second-order valence-corrected chi connectivity index (χ2v) is 5.30. The van der Waals surface area contributed by atoms with E-state index in [1.807, 2.05) is 19.1 Å². The minimum absolute atomic E-state index is 0.0523. The van der Waals surface area contributed by atoms with Gasteiger partial charge < -0.3 is 10.4 Å². The van der Waals surface area contributed by atoms with Crippen LogP contribution in [0, 0.1) is 24.0 Å². The van der Waals surface area contributed by atoms with Gasteiger partial charge in [0.1, 0.15) is 5.69 Å². The maximum absolute atomic E-state index is 12.2. The van der Waals surface area contributed by atoms with Crippen molar-refractivity contribution in [2.75, 3.05) is 6.54 Å². The zero-order valence-corrected chi connectivity index (χ0v) is 13.1. The van der Waals surface area contributed by atoms with Crippen molar-refractivity contribution < 1.29 is 14.8 Å². The molecule has 23 heavy (non-hydrogen) atoms. The van der Waals surface area contributed by atoms with E-state index in [1.165, 1.54) is 18.7 Å². The predicted octanol–water partition coefficient (Wildman–Crippen LogP) is 1.41. The van der Waals surface area contributed by atoms with E-state index in [0.29, 0.717) is 5.56 Å². The number of benzene rings is 1. The predicted molar refractivity (Wildman–Crippen MR) is 83.1 cm³/mol. The van der Waals surface area contributed by atoms with Gasteiger partial charge in [-0.05, 0) is 19.4 Å². The largest absolute Gasteiger partial charge is 0.387 e. The molecule has 0 radical (unpaired) electrons. The van der Waals surface area contributed by atoms with Crippen LogP contribution in [0.4, 0.5) is 5.69 Å². The maximum Gasteiger partial charge on any atom is 0.322 e. The third-order valence-corrected chi connectivity index (χ3v) is 3.51. The molecule has 0 aliphatic rings. The molecule has 1 atom stereocenters. The molecule has 1 heterocycles. The van der Waals surface area contributed by atoms with E-state index in [0.717, 1.165) is 5.56 Å². The summed E-state index contributed by atoms with van der Waals surface area (Å²) < 4.78 is 1.17. The van der Waals surface area contributed by atoms with Crippen LogP contribution in [0.15, 0.2) is 24.3 Å². The molecular formula is C15H18N4O4. The molecule has 0 aliphatic carbocycles. The Kier molecular flexibility index (Phi) is 4.75. The first kappa shape index (κ1) is 16.6. The number of carbonyl (C=O) groups excluding carboxylic acids is 1. The Morgan fingerprint density at radius 3 is 2.57 bits per heavy atom. The number of aliphatic hydroxyl groups is 1. The molecule has 0 aliphatic heterocycles. The SMILES string of the molecule is Cc1ccc(C(O)CNC(=O)c2c([N+](=O)[O-])c(C)nn2C)cc1. The summed E-state index contributed by atoms with van der Waals surface area (Å²) in [4.78, 5) is 22.6. The highest BCUT2D eigenvalue weighted by Gasteiger charge is 2.29. The van der Waals surface area contributed by atoms with Crippen molar-refractivity contribution in [3.05, 3.63) is 56.9 Å². The molecule has 8 heteroatoms. The quantitative estimate of drug-likeness (QED) is 0.639. The van der Waals surface area contributed by atoms with Gasteiger partial charge in [-0.25, -0.2) is 0 Å². The zero-order valence-electron chi connectivity index (χ0n) is 13.1. The van der Waals surface area contributed by atoms with Gasteiger partial charge in [-0.15, -0.1) is 0 Å². The van der Waals surface area contributed by atoms with Crippen molar-refractivity contribution in [3.63, 3.8) is 0 Å². The van der Waals surface area contributed by atoms with E-state index >= 15 is 0 Å². The molecule has 0 saturated carbocycles. The van der Waals surface area contributed by atoms with Crippen LogP contribution in [0.3, 0.4) is 0 Å². The average Bonchev–Trinajstić information content (AvgIpc) is 2.79. The lowest BCUT2D eigenvalue weighted by molar-refractivity contribution is -0.385. The van der Waals surface area contributed by atoms with E-state index in [9.17, 15) is 20.0 Å². The van der Waals surface area contributed by atoms with Crippen LogP contribution in [0.25, 0.3) is 0 Å². The lowest BCUT2D eigenvalue weighted by Crippen LogP contribution is -2.30. The number of rotatable bonds is 5. The first-order valence-corrected chi connectivity index (χ1v) is 7.02.